The van der Waals surface area contributed by atoms with Gasteiger partial charge < -0.3 is 0 Å². The lowest BCUT2D eigenvalue weighted by atomic mass is 9.47. The summed E-state index contributed by atoms with van der Waals surface area (Å²) < 4.78 is 0. The van der Waals surface area contributed by atoms with Gasteiger partial charge in [0.15, 0.2) is 5.78 Å². The molecule has 0 aromatic heterocycles. The van der Waals surface area contributed by atoms with Gasteiger partial charge >= 0.3 is 0 Å². The number of hydrogen-bond donors (Lipinski definition) is 0. The fourth-order valence-corrected chi connectivity index (χ4v) is 6.81. The van der Waals surface area contributed by atoms with E-state index in [-0.39, 0.29) is 11.3 Å². The van der Waals surface area contributed by atoms with Gasteiger partial charge in [-0.25, -0.2) is 0 Å². The Morgan fingerprint density at radius 2 is 1.91 bits per heavy atom. The second-order valence-electron chi connectivity index (χ2n) is 9.38. The van der Waals surface area contributed by atoms with Gasteiger partial charge in [0.05, 0.1) is 5.92 Å². The largest absolute Gasteiger partial charge is 0.298 e. The summed E-state index contributed by atoms with van der Waals surface area (Å²) in [6, 6.07) is 0. The second-order valence-corrected chi connectivity index (χ2v) is 9.38. The van der Waals surface area contributed by atoms with Crippen LogP contribution in [0.5, 0.6) is 0 Å². The molecular formula is C22H30O. The van der Waals surface area contributed by atoms with Crippen molar-refractivity contribution < 1.29 is 4.79 Å². The van der Waals surface area contributed by atoms with Gasteiger partial charge in [0.1, 0.15) is 0 Å². The van der Waals surface area contributed by atoms with Gasteiger partial charge in [-0.05, 0) is 74.0 Å². The Kier molecular flexibility index (Phi) is 3.36. The summed E-state index contributed by atoms with van der Waals surface area (Å²) in [6.07, 6.45) is 16.7. The molecule has 0 N–H and O–H groups in total. The average molecular weight is 310 g/mol. The molecule has 2 unspecified atom stereocenters. The van der Waals surface area contributed by atoms with E-state index in [9.17, 15) is 4.79 Å². The van der Waals surface area contributed by atoms with Crippen molar-refractivity contribution in [2.75, 3.05) is 0 Å². The predicted octanol–water partition coefficient (Wildman–Crippen LogP) is 5.01. The topological polar surface area (TPSA) is 17.1 Å². The highest BCUT2D eigenvalue weighted by Gasteiger charge is 2.60. The van der Waals surface area contributed by atoms with Crippen molar-refractivity contribution in [2.24, 2.45) is 40.4 Å². The van der Waals surface area contributed by atoms with E-state index in [0.717, 1.165) is 24.7 Å². The van der Waals surface area contributed by atoms with Crippen LogP contribution < -0.4 is 0 Å². The van der Waals surface area contributed by atoms with Crippen LogP contribution in [0.2, 0.25) is 0 Å². The molecule has 0 spiro atoms. The summed E-state index contributed by atoms with van der Waals surface area (Å²) >= 11 is 0. The molecule has 7 atom stereocenters. The molecule has 0 aromatic rings. The first-order valence-electron chi connectivity index (χ1n) is 9.60. The van der Waals surface area contributed by atoms with Crippen molar-refractivity contribution in [1.29, 1.82) is 0 Å². The number of allylic oxidation sites excluding steroid dienone is 2. The molecule has 0 bridgehead atoms. The van der Waals surface area contributed by atoms with Gasteiger partial charge in [0.2, 0.25) is 0 Å². The van der Waals surface area contributed by atoms with E-state index in [0.29, 0.717) is 23.0 Å². The molecule has 124 valence electrons. The number of Topliss-reactive ketones (excluding diaryl/α,β-unsaturated/α-hetero) is 1. The molecule has 4 aliphatic carbocycles. The SMILES string of the molecule is C#CC1C[C@H]2[C@@H]3CC=C4CC(C)CC[C@]4(C)[C@@H]3CC[C@]2(C)C1=O. The van der Waals surface area contributed by atoms with Gasteiger partial charge in [-0.1, -0.05) is 38.3 Å². The normalized spacial score (nSPS) is 52.0. The lowest BCUT2D eigenvalue weighted by molar-refractivity contribution is -0.133. The van der Waals surface area contributed by atoms with E-state index < -0.39 is 0 Å². The Morgan fingerprint density at radius 3 is 2.65 bits per heavy atom. The van der Waals surface area contributed by atoms with E-state index >= 15 is 0 Å². The minimum atomic E-state index is -0.137. The molecule has 0 amide bonds. The predicted molar refractivity (Wildman–Crippen MR) is 93.6 cm³/mol. The van der Waals surface area contributed by atoms with Crippen molar-refractivity contribution in [2.45, 2.75) is 65.7 Å². The van der Waals surface area contributed by atoms with Crippen molar-refractivity contribution >= 4 is 5.78 Å². The zero-order valence-electron chi connectivity index (χ0n) is 14.9. The first-order chi connectivity index (χ1) is 10.9. The quantitative estimate of drug-likeness (QED) is 0.454. The molecule has 3 saturated carbocycles. The van der Waals surface area contributed by atoms with E-state index in [1.807, 2.05) is 0 Å². The van der Waals surface area contributed by atoms with Crippen LogP contribution in [-0.4, -0.2) is 5.78 Å². The fourth-order valence-electron chi connectivity index (χ4n) is 6.81. The number of fused-ring (bicyclic) bond motifs is 5. The van der Waals surface area contributed by atoms with Crippen LogP contribution in [0.4, 0.5) is 0 Å². The molecular weight excluding hydrogens is 280 g/mol. The molecule has 0 heterocycles. The van der Waals surface area contributed by atoms with Crippen molar-refractivity contribution in [3.8, 4) is 12.3 Å². The number of ketones is 1. The minimum absolute atomic E-state index is 0.117. The van der Waals surface area contributed by atoms with E-state index in [4.69, 9.17) is 6.42 Å². The first-order valence-corrected chi connectivity index (χ1v) is 9.60. The van der Waals surface area contributed by atoms with Crippen LogP contribution in [-0.2, 0) is 4.79 Å². The number of carbonyl (C=O) groups is 1. The molecule has 0 radical (unpaired) electrons. The maximum Gasteiger partial charge on any atom is 0.153 e. The highest BCUT2D eigenvalue weighted by Crippen LogP contribution is 2.64. The number of carbonyl (C=O) groups excluding carboxylic acids is 1. The Hall–Kier alpha value is -1.03. The molecule has 0 aromatic carbocycles. The maximum absolute atomic E-state index is 12.8. The second kappa shape index (κ2) is 4.98. The Balaban J connectivity index is 1.70. The van der Waals surface area contributed by atoms with E-state index in [2.05, 4.69) is 32.8 Å². The molecule has 3 fully saturated rings. The van der Waals surface area contributed by atoms with Gasteiger partial charge in [0, 0.05) is 5.41 Å². The van der Waals surface area contributed by atoms with Crippen molar-refractivity contribution in [1.82, 2.24) is 0 Å². The zero-order chi connectivity index (χ0) is 16.4. The van der Waals surface area contributed by atoms with Crippen LogP contribution in [0.25, 0.3) is 0 Å². The number of rotatable bonds is 0. The van der Waals surface area contributed by atoms with E-state index in [1.54, 1.807) is 5.57 Å². The Labute approximate surface area is 141 Å². The maximum atomic E-state index is 12.8. The van der Waals surface area contributed by atoms with Gasteiger partial charge in [0.25, 0.3) is 0 Å². The summed E-state index contributed by atoms with van der Waals surface area (Å²) in [7, 11) is 0. The monoisotopic (exact) mass is 310 g/mol. The average Bonchev–Trinajstić information content (AvgIpc) is 2.79. The highest BCUT2D eigenvalue weighted by molar-refractivity contribution is 5.91. The third-order valence-electron chi connectivity index (χ3n) is 8.31. The van der Waals surface area contributed by atoms with Crippen LogP contribution in [0.15, 0.2) is 11.6 Å². The lowest BCUT2D eigenvalue weighted by Crippen LogP contribution is -2.50. The molecule has 0 saturated heterocycles. The van der Waals surface area contributed by atoms with Gasteiger partial charge in [-0.2, -0.15) is 0 Å². The molecule has 1 nitrogen and oxygen atoms in total. The zero-order valence-corrected chi connectivity index (χ0v) is 14.9. The van der Waals surface area contributed by atoms with Gasteiger partial charge in [-0.15, -0.1) is 6.42 Å². The minimum Gasteiger partial charge on any atom is -0.298 e. The number of terminal acetylenes is 1. The van der Waals surface area contributed by atoms with Crippen LogP contribution >= 0.6 is 0 Å². The first kappa shape index (κ1) is 15.5. The number of hydrogen-bond acceptors (Lipinski definition) is 1. The van der Waals surface area contributed by atoms with Crippen molar-refractivity contribution in [3.63, 3.8) is 0 Å². The third kappa shape index (κ3) is 1.97. The Bertz CT molecular complexity index is 608. The lowest BCUT2D eigenvalue weighted by Gasteiger charge is -2.56. The molecule has 4 rings (SSSR count). The van der Waals surface area contributed by atoms with Crippen LogP contribution in [0.1, 0.15) is 65.7 Å². The molecule has 4 aliphatic rings. The molecule has 0 aliphatic heterocycles. The Morgan fingerprint density at radius 1 is 1.17 bits per heavy atom. The van der Waals surface area contributed by atoms with Crippen LogP contribution in [0, 0.1) is 52.8 Å². The summed E-state index contributed by atoms with van der Waals surface area (Å²) in [4.78, 5) is 12.8. The summed E-state index contributed by atoms with van der Waals surface area (Å²) in [5.41, 5.74) is 1.99. The molecule has 23 heavy (non-hydrogen) atoms. The summed E-state index contributed by atoms with van der Waals surface area (Å²) in [5, 5.41) is 0. The smallest absolute Gasteiger partial charge is 0.153 e. The molecule has 1 heteroatoms. The fraction of sp³-hybridized carbons (Fsp3) is 0.773. The van der Waals surface area contributed by atoms with Gasteiger partial charge in [-0.3, -0.25) is 4.79 Å². The van der Waals surface area contributed by atoms with Crippen LogP contribution in [0.3, 0.4) is 0 Å². The summed E-state index contributed by atoms with van der Waals surface area (Å²) in [5.74, 6) is 5.87. The summed E-state index contributed by atoms with van der Waals surface area (Å²) in [6.45, 7) is 7.15. The third-order valence-corrected chi connectivity index (χ3v) is 8.31. The van der Waals surface area contributed by atoms with Crippen molar-refractivity contribution in [3.05, 3.63) is 11.6 Å². The van der Waals surface area contributed by atoms with E-state index in [1.165, 1.54) is 32.1 Å². The standard InChI is InChI=1S/C22H30O/c1-5-15-13-19-17-7-6-16-12-14(2)8-10-21(16,3)18(17)9-11-22(19,4)20(15)23/h1,6,14-15,17-19H,7-13H2,2-4H3/t14?,15?,17-,18-,19+,21+,22+/m1/s1. The highest BCUT2D eigenvalue weighted by atomic mass is 16.1.